The summed E-state index contributed by atoms with van der Waals surface area (Å²) < 4.78 is 11.7. The quantitative estimate of drug-likeness (QED) is 0.282. The molecule has 3 N–H and O–H groups in total. The second kappa shape index (κ2) is 10.1. The maximum Gasteiger partial charge on any atom is 0.191 e. The number of H-pyrrole nitrogens is 1. The number of ether oxygens (including phenoxy) is 2. The van der Waals surface area contributed by atoms with E-state index in [1.54, 1.807) is 7.05 Å². The Morgan fingerprint density at radius 2 is 1.86 bits per heavy atom. The molecule has 0 fully saturated rings. The van der Waals surface area contributed by atoms with Crippen LogP contribution in [0.1, 0.15) is 5.82 Å². The molecule has 8 heteroatoms. The van der Waals surface area contributed by atoms with Gasteiger partial charge in [-0.3, -0.25) is 4.99 Å². The van der Waals surface area contributed by atoms with Gasteiger partial charge in [0, 0.05) is 7.05 Å². The number of nitrogens with one attached hydrogen (secondary N) is 3. The zero-order valence-corrected chi connectivity index (χ0v) is 18.4. The Labute approximate surface area is 187 Å². The van der Waals surface area contributed by atoms with Gasteiger partial charge in [0.15, 0.2) is 17.5 Å². The topological polar surface area (TPSA) is 83.6 Å². The highest BCUT2D eigenvalue weighted by atomic mass is 127. The van der Waals surface area contributed by atoms with Crippen molar-refractivity contribution in [3.63, 3.8) is 0 Å². The minimum Gasteiger partial charge on any atom is -0.486 e. The van der Waals surface area contributed by atoms with Crippen LogP contribution < -0.4 is 20.1 Å². The summed E-state index contributed by atoms with van der Waals surface area (Å²) >= 11 is 0. The van der Waals surface area contributed by atoms with Gasteiger partial charge in [-0.15, -0.1) is 24.0 Å². The Bertz CT molecular complexity index is 945. The molecule has 1 unspecified atom stereocenters. The summed E-state index contributed by atoms with van der Waals surface area (Å²) in [6.45, 7) is 1.62. The maximum absolute atomic E-state index is 5.95. The summed E-state index contributed by atoms with van der Waals surface area (Å²) in [5.74, 6) is 3.08. The molecule has 0 saturated carbocycles. The van der Waals surface area contributed by atoms with Crippen LogP contribution in [0.25, 0.3) is 11.3 Å². The molecule has 7 nitrogen and oxygen atoms in total. The van der Waals surface area contributed by atoms with Crippen LogP contribution in [0.2, 0.25) is 0 Å². The van der Waals surface area contributed by atoms with Crippen molar-refractivity contribution in [1.29, 1.82) is 0 Å². The summed E-state index contributed by atoms with van der Waals surface area (Å²) in [6, 6.07) is 17.8. The van der Waals surface area contributed by atoms with E-state index in [9.17, 15) is 0 Å². The first-order chi connectivity index (χ1) is 13.8. The van der Waals surface area contributed by atoms with E-state index in [1.807, 2.05) is 48.7 Å². The molecule has 4 rings (SSSR count). The molecule has 0 bridgehead atoms. The summed E-state index contributed by atoms with van der Waals surface area (Å²) in [7, 11) is 1.74. The fourth-order valence-corrected chi connectivity index (χ4v) is 2.98. The molecule has 1 aromatic heterocycles. The van der Waals surface area contributed by atoms with Crippen LogP contribution in [0.3, 0.4) is 0 Å². The first-order valence-electron chi connectivity index (χ1n) is 9.24. The van der Waals surface area contributed by atoms with E-state index in [0.717, 1.165) is 28.6 Å². The molecule has 0 spiro atoms. The van der Waals surface area contributed by atoms with E-state index in [1.165, 1.54) is 0 Å². The number of aromatic amines is 1. The number of hydrogen-bond donors (Lipinski definition) is 3. The van der Waals surface area contributed by atoms with Crippen molar-refractivity contribution < 1.29 is 9.47 Å². The van der Waals surface area contributed by atoms with Crippen LogP contribution in [-0.2, 0) is 6.54 Å². The lowest BCUT2D eigenvalue weighted by Gasteiger charge is -2.27. The van der Waals surface area contributed by atoms with Gasteiger partial charge in [0.05, 0.1) is 25.0 Å². The Morgan fingerprint density at radius 1 is 1.10 bits per heavy atom. The molecular weight excluding hydrogens is 481 g/mol. The van der Waals surface area contributed by atoms with Gasteiger partial charge in [0.2, 0.25) is 0 Å². The molecule has 3 aromatic rings. The van der Waals surface area contributed by atoms with Gasteiger partial charge in [-0.1, -0.05) is 42.5 Å². The molecule has 1 aliphatic heterocycles. The molecule has 152 valence electrons. The predicted molar refractivity (Wildman–Crippen MR) is 124 cm³/mol. The van der Waals surface area contributed by atoms with Crippen LogP contribution in [-0.4, -0.2) is 42.2 Å². The van der Waals surface area contributed by atoms with Crippen LogP contribution in [0, 0.1) is 0 Å². The lowest BCUT2D eigenvalue weighted by molar-refractivity contribution is 0.0936. The van der Waals surface area contributed by atoms with Crippen LogP contribution in [0.5, 0.6) is 11.5 Å². The Balaban J connectivity index is 0.00000240. The number of halogens is 1. The number of hydrogen-bond acceptors (Lipinski definition) is 4. The van der Waals surface area contributed by atoms with Crippen LogP contribution in [0.4, 0.5) is 0 Å². The zero-order chi connectivity index (χ0) is 19.2. The van der Waals surface area contributed by atoms with Crippen molar-refractivity contribution in [2.24, 2.45) is 4.99 Å². The molecule has 2 aromatic carbocycles. The van der Waals surface area contributed by atoms with E-state index < -0.39 is 0 Å². The Hall–Kier alpha value is -2.75. The smallest absolute Gasteiger partial charge is 0.191 e. The Kier molecular flexibility index (Phi) is 7.34. The van der Waals surface area contributed by atoms with E-state index in [4.69, 9.17) is 9.47 Å². The normalized spacial score (nSPS) is 15.3. The molecule has 0 amide bonds. The zero-order valence-electron chi connectivity index (χ0n) is 16.1. The first-order valence-corrected chi connectivity index (χ1v) is 9.24. The highest BCUT2D eigenvalue weighted by Gasteiger charge is 2.20. The largest absolute Gasteiger partial charge is 0.486 e. The molecule has 0 radical (unpaired) electrons. The molecule has 0 aliphatic carbocycles. The SMILES string of the molecule is CN=C(NCc1ncc(-c2ccccc2)[nH]1)NCC1COc2ccccc2O1.I. The van der Waals surface area contributed by atoms with Gasteiger partial charge in [0.25, 0.3) is 0 Å². The van der Waals surface area contributed by atoms with E-state index in [0.29, 0.717) is 25.7 Å². The lowest BCUT2D eigenvalue weighted by Crippen LogP contribution is -2.45. The molecular formula is C21H24IN5O2. The third-order valence-electron chi connectivity index (χ3n) is 4.42. The summed E-state index contributed by atoms with van der Waals surface area (Å²) in [4.78, 5) is 12.0. The number of benzene rings is 2. The number of rotatable bonds is 5. The number of fused-ring (bicyclic) bond motifs is 1. The van der Waals surface area contributed by atoms with Gasteiger partial charge in [-0.25, -0.2) is 4.98 Å². The number of imidazole rings is 1. The average Bonchev–Trinajstić information content (AvgIpc) is 3.23. The molecule has 1 atom stereocenters. The average molecular weight is 505 g/mol. The maximum atomic E-state index is 5.95. The van der Waals surface area contributed by atoms with Gasteiger partial charge < -0.3 is 25.1 Å². The van der Waals surface area contributed by atoms with E-state index >= 15 is 0 Å². The number of aromatic nitrogens is 2. The second-order valence-electron chi connectivity index (χ2n) is 6.41. The van der Waals surface area contributed by atoms with Crippen molar-refractivity contribution in [3.05, 3.63) is 66.6 Å². The lowest BCUT2D eigenvalue weighted by atomic mass is 10.2. The van der Waals surface area contributed by atoms with Gasteiger partial charge in [-0.05, 0) is 17.7 Å². The van der Waals surface area contributed by atoms with E-state index in [2.05, 4.69) is 37.7 Å². The Morgan fingerprint density at radius 3 is 2.66 bits per heavy atom. The van der Waals surface area contributed by atoms with Crippen LogP contribution in [0.15, 0.2) is 65.8 Å². The van der Waals surface area contributed by atoms with Crippen molar-refractivity contribution in [2.75, 3.05) is 20.2 Å². The van der Waals surface area contributed by atoms with Crippen molar-refractivity contribution in [1.82, 2.24) is 20.6 Å². The minimum atomic E-state index is -0.0817. The third-order valence-corrected chi connectivity index (χ3v) is 4.42. The van der Waals surface area contributed by atoms with Gasteiger partial charge in [0.1, 0.15) is 18.5 Å². The van der Waals surface area contributed by atoms with E-state index in [-0.39, 0.29) is 30.1 Å². The minimum absolute atomic E-state index is 0. The monoisotopic (exact) mass is 505 g/mol. The standard InChI is InChI=1S/C21H23N5O2.HI/c1-22-21(24-11-16-14-27-18-9-5-6-10-19(18)28-16)25-13-20-23-12-17(26-20)15-7-3-2-4-8-15;/h2-10,12,16H,11,13-14H2,1H3,(H,23,26)(H2,22,24,25);1H. The second-order valence-corrected chi connectivity index (χ2v) is 6.41. The number of guanidine groups is 1. The highest BCUT2D eigenvalue weighted by molar-refractivity contribution is 14.0. The first kappa shape index (κ1) is 21.0. The van der Waals surface area contributed by atoms with Crippen molar-refractivity contribution in [3.8, 4) is 22.8 Å². The summed E-state index contributed by atoms with van der Waals surface area (Å²) in [5.41, 5.74) is 2.10. The highest BCUT2D eigenvalue weighted by Crippen LogP contribution is 2.30. The number of para-hydroxylation sites is 2. The molecule has 0 saturated heterocycles. The molecule has 29 heavy (non-hydrogen) atoms. The van der Waals surface area contributed by atoms with Crippen molar-refractivity contribution in [2.45, 2.75) is 12.6 Å². The number of aliphatic imine (C=N–C) groups is 1. The van der Waals surface area contributed by atoms with Crippen molar-refractivity contribution >= 4 is 29.9 Å². The third kappa shape index (κ3) is 5.41. The summed E-state index contributed by atoms with van der Waals surface area (Å²) in [5, 5.41) is 6.53. The predicted octanol–water partition coefficient (Wildman–Crippen LogP) is 3.20. The van der Waals surface area contributed by atoms with Gasteiger partial charge >= 0.3 is 0 Å². The fourth-order valence-electron chi connectivity index (χ4n) is 2.98. The van der Waals surface area contributed by atoms with Crippen LogP contribution >= 0.6 is 24.0 Å². The molecule has 2 heterocycles. The molecule has 1 aliphatic rings. The van der Waals surface area contributed by atoms with Gasteiger partial charge in [-0.2, -0.15) is 0 Å². The fraction of sp³-hybridized carbons (Fsp3) is 0.238. The number of nitrogens with zero attached hydrogens (tertiary/aromatic N) is 2. The summed E-state index contributed by atoms with van der Waals surface area (Å²) in [6.07, 6.45) is 1.76.